The summed E-state index contributed by atoms with van der Waals surface area (Å²) in [7, 11) is 0. The monoisotopic (exact) mass is 252 g/mol. The van der Waals surface area contributed by atoms with Crippen molar-refractivity contribution in [3.05, 3.63) is 24.3 Å². The number of hydrogen-bond acceptors (Lipinski definition) is 4. The van der Waals surface area contributed by atoms with Crippen LogP contribution in [0.1, 0.15) is 19.8 Å². The zero-order valence-electron chi connectivity index (χ0n) is 10.9. The van der Waals surface area contributed by atoms with Crippen molar-refractivity contribution in [1.82, 2.24) is 10.6 Å². The highest BCUT2D eigenvalue weighted by atomic mass is 16.3. The van der Waals surface area contributed by atoms with Crippen LogP contribution in [-0.2, 0) is 0 Å². The summed E-state index contributed by atoms with van der Waals surface area (Å²) >= 11 is 0. The fraction of sp³-hybridized carbons (Fsp3) is 0.714. The number of aliphatic hydroxyl groups is 2. The van der Waals surface area contributed by atoms with Crippen LogP contribution in [0.2, 0.25) is 0 Å². The topological polar surface area (TPSA) is 64.5 Å². The van der Waals surface area contributed by atoms with E-state index >= 15 is 0 Å². The summed E-state index contributed by atoms with van der Waals surface area (Å²) < 4.78 is 0. The van der Waals surface area contributed by atoms with Crippen LogP contribution in [0.3, 0.4) is 0 Å². The van der Waals surface area contributed by atoms with E-state index < -0.39 is 12.2 Å². The Morgan fingerprint density at radius 3 is 2.33 bits per heavy atom. The quantitative estimate of drug-likeness (QED) is 0.509. The van der Waals surface area contributed by atoms with E-state index in [0.717, 1.165) is 25.9 Å². The Morgan fingerprint density at radius 2 is 1.72 bits per heavy atom. The maximum atomic E-state index is 9.80. The van der Waals surface area contributed by atoms with Gasteiger partial charge in [-0.1, -0.05) is 24.3 Å². The molecule has 1 saturated heterocycles. The summed E-state index contributed by atoms with van der Waals surface area (Å²) in [5, 5.41) is 26.0. The third-order valence-corrected chi connectivity index (χ3v) is 3.87. The second-order valence-corrected chi connectivity index (χ2v) is 5.30. The molecular formula is C14H24N2O2. The van der Waals surface area contributed by atoms with Gasteiger partial charge in [0.05, 0.1) is 12.2 Å². The summed E-state index contributed by atoms with van der Waals surface area (Å²) in [6.07, 6.45) is 9.29. The highest BCUT2D eigenvalue weighted by Crippen LogP contribution is 2.16. The smallest absolute Gasteiger partial charge is 0.0967 e. The van der Waals surface area contributed by atoms with Gasteiger partial charge in [-0.2, -0.15) is 0 Å². The van der Waals surface area contributed by atoms with Crippen LogP contribution in [0.25, 0.3) is 0 Å². The molecule has 0 saturated carbocycles. The van der Waals surface area contributed by atoms with Crippen molar-refractivity contribution in [2.45, 2.75) is 44.1 Å². The largest absolute Gasteiger partial charge is 0.389 e. The normalized spacial score (nSPS) is 35.7. The van der Waals surface area contributed by atoms with Gasteiger partial charge < -0.3 is 20.8 Å². The molecule has 4 heteroatoms. The van der Waals surface area contributed by atoms with Crippen LogP contribution < -0.4 is 10.6 Å². The summed E-state index contributed by atoms with van der Waals surface area (Å²) in [6.45, 7) is 3.76. The van der Waals surface area contributed by atoms with E-state index in [-0.39, 0.29) is 12.1 Å². The Morgan fingerprint density at radius 1 is 1.06 bits per heavy atom. The summed E-state index contributed by atoms with van der Waals surface area (Å²) in [5.74, 6) is 0.578. The summed E-state index contributed by atoms with van der Waals surface area (Å²) in [6, 6.07) is -0.00691. The molecule has 0 unspecified atom stereocenters. The first-order valence-electron chi connectivity index (χ1n) is 6.86. The van der Waals surface area contributed by atoms with Crippen molar-refractivity contribution >= 4 is 0 Å². The highest BCUT2D eigenvalue weighted by molar-refractivity contribution is 5.17. The van der Waals surface area contributed by atoms with E-state index in [1.165, 1.54) is 0 Å². The maximum absolute atomic E-state index is 9.80. The molecule has 2 rings (SSSR count). The standard InChI is InChI=1S/C14H24N2O2/c1-10-13(17)14(18)12(16-10)7-9-15-8-6-11-4-2-3-5-11/h2-5,10-18H,6-9H2,1H3/t10-,12-,13+,14-/m0/s1. The number of aliphatic hydroxyl groups excluding tert-OH is 2. The second-order valence-electron chi connectivity index (χ2n) is 5.30. The van der Waals surface area contributed by atoms with Gasteiger partial charge in [-0.05, 0) is 38.8 Å². The molecule has 4 atom stereocenters. The van der Waals surface area contributed by atoms with Crippen LogP contribution in [-0.4, -0.2) is 47.6 Å². The molecule has 0 radical (unpaired) electrons. The summed E-state index contributed by atoms with van der Waals surface area (Å²) in [5.41, 5.74) is 0. The lowest BCUT2D eigenvalue weighted by Gasteiger charge is -2.16. The summed E-state index contributed by atoms with van der Waals surface area (Å²) in [4.78, 5) is 0. The number of nitrogens with one attached hydrogen (secondary N) is 2. The number of hydrogen-bond donors (Lipinski definition) is 4. The molecule has 0 aromatic heterocycles. The van der Waals surface area contributed by atoms with Gasteiger partial charge in [-0.25, -0.2) is 0 Å². The van der Waals surface area contributed by atoms with Gasteiger partial charge in [-0.15, -0.1) is 0 Å². The van der Waals surface area contributed by atoms with Crippen LogP contribution in [0, 0.1) is 5.92 Å². The molecule has 4 nitrogen and oxygen atoms in total. The fourth-order valence-corrected chi connectivity index (χ4v) is 2.64. The van der Waals surface area contributed by atoms with Crippen LogP contribution >= 0.6 is 0 Å². The van der Waals surface area contributed by atoms with Crippen LogP contribution in [0.15, 0.2) is 24.3 Å². The van der Waals surface area contributed by atoms with Gasteiger partial charge in [0.1, 0.15) is 0 Å². The molecule has 0 aromatic carbocycles. The Hall–Kier alpha value is -0.680. The predicted molar refractivity (Wildman–Crippen MR) is 72.3 cm³/mol. The average Bonchev–Trinajstić information content (AvgIpc) is 2.95. The van der Waals surface area contributed by atoms with Crippen molar-refractivity contribution in [3.63, 3.8) is 0 Å². The van der Waals surface area contributed by atoms with E-state index in [4.69, 9.17) is 0 Å². The van der Waals surface area contributed by atoms with Gasteiger partial charge in [0.25, 0.3) is 0 Å². The Balaban J connectivity index is 1.55. The van der Waals surface area contributed by atoms with Crippen molar-refractivity contribution in [2.24, 2.45) is 5.92 Å². The zero-order valence-corrected chi connectivity index (χ0v) is 10.9. The molecule has 0 aromatic rings. The first kappa shape index (κ1) is 13.7. The van der Waals surface area contributed by atoms with Gasteiger partial charge in [0.2, 0.25) is 0 Å². The van der Waals surface area contributed by atoms with E-state index in [9.17, 15) is 10.2 Å². The molecule has 1 fully saturated rings. The lowest BCUT2D eigenvalue weighted by atomic mass is 10.1. The highest BCUT2D eigenvalue weighted by Gasteiger charge is 2.37. The van der Waals surface area contributed by atoms with Crippen molar-refractivity contribution < 1.29 is 10.2 Å². The Kier molecular flexibility index (Phi) is 4.95. The minimum Gasteiger partial charge on any atom is -0.389 e. The van der Waals surface area contributed by atoms with Gasteiger partial charge in [0.15, 0.2) is 0 Å². The first-order chi connectivity index (χ1) is 8.68. The Labute approximate surface area is 109 Å². The van der Waals surface area contributed by atoms with E-state index in [0.29, 0.717) is 5.92 Å². The second kappa shape index (κ2) is 6.48. The molecule has 4 N–H and O–H groups in total. The number of rotatable bonds is 6. The van der Waals surface area contributed by atoms with E-state index in [1.807, 2.05) is 6.92 Å². The van der Waals surface area contributed by atoms with Crippen LogP contribution in [0.4, 0.5) is 0 Å². The molecule has 18 heavy (non-hydrogen) atoms. The molecular weight excluding hydrogens is 228 g/mol. The molecule has 102 valence electrons. The third kappa shape index (κ3) is 3.42. The van der Waals surface area contributed by atoms with Gasteiger partial charge in [-0.3, -0.25) is 0 Å². The molecule has 1 aliphatic heterocycles. The van der Waals surface area contributed by atoms with Gasteiger partial charge >= 0.3 is 0 Å². The predicted octanol–water partition coefficient (Wildman–Crippen LogP) is 0.180. The van der Waals surface area contributed by atoms with Gasteiger partial charge in [0, 0.05) is 12.1 Å². The SMILES string of the molecule is C[C@@H]1N[C@@H](CCNCCC2C=CC=C2)[C@H](O)[C@@H]1O. The number of allylic oxidation sites excluding steroid dienone is 4. The molecule has 1 aliphatic carbocycles. The van der Waals surface area contributed by atoms with Crippen molar-refractivity contribution in [1.29, 1.82) is 0 Å². The van der Waals surface area contributed by atoms with Crippen molar-refractivity contribution in [3.8, 4) is 0 Å². The first-order valence-corrected chi connectivity index (χ1v) is 6.86. The van der Waals surface area contributed by atoms with E-state index in [2.05, 4.69) is 34.9 Å². The molecule has 0 bridgehead atoms. The third-order valence-electron chi connectivity index (χ3n) is 3.87. The lowest BCUT2D eigenvalue weighted by molar-refractivity contribution is 0.0293. The van der Waals surface area contributed by atoms with E-state index in [1.54, 1.807) is 0 Å². The van der Waals surface area contributed by atoms with Crippen molar-refractivity contribution in [2.75, 3.05) is 13.1 Å². The Bertz CT molecular complexity index is 305. The molecule has 1 heterocycles. The molecule has 0 amide bonds. The minimum atomic E-state index is -0.637. The molecule has 2 aliphatic rings. The zero-order chi connectivity index (χ0) is 13.0. The lowest BCUT2D eigenvalue weighted by Crippen LogP contribution is -2.36. The minimum absolute atomic E-state index is 0.00812. The fourth-order valence-electron chi connectivity index (χ4n) is 2.64. The molecule has 0 spiro atoms. The average molecular weight is 252 g/mol. The maximum Gasteiger partial charge on any atom is 0.0967 e. The van der Waals surface area contributed by atoms with Crippen LogP contribution in [0.5, 0.6) is 0 Å².